The monoisotopic (exact) mass is 1400 g/mol. The maximum atomic E-state index is 11.1. The Balaban J connectivity index is 0.000000148. The molecule has 21 rings (SSSR count). The topological polar surface area (TPSA) is 123 Å². The van der Waals surface area contributed by atoms with E-state index in [0.717, 1.165) is 122 Å². The van der Waals surface area contributed by atoms with Gasteiger partial charge in [0.15, 0.2) is 34.9 Å². The van der Waals surface area contributed by atoms with Crippen molar-refractivity contribution < 1.29 is 8.85 Å². The first kappa shape index (κ1) is 60.4. The van der Waals surface area contributed by atoms with Gasteiger partial charge in [-0.1, -0.05) is 279 Å². The molecule has 4 aromatic heterocycles. The molecule has 0 saturated carbocycles. The average Bonchev–Trinajstić information content (AvgIpc) is 0.896. The summed E-state index contributed by atoms with van der Waals surface area (Å²) in [5, 5.41) is 14.9. The molecule has 0 bridgehead atoms. The summed E-state index contributed by atoms with van der Waals surface area (Å²) in [6.07, 6.45) is 0. The van der Waals surface area contributed by atoms with Crippen LogP contribution in [-0.2, 0) is 5.41 Å². The van der Waals surface area contributed by atoms with Crippen LogP contribution in [0.5, 0.6) is 11.5 Å². The molecule has 1 spiro atoms. The number of para-hydroxylation sites is 7. The molecular weight excluding hydrogens is 1330 g/mol. The molecule has 19 aromatic rings. The van der Waals surface area contributed by atoms with Gasteiger partial charge in [-0.15, -0.1) is 0 Å². The van der Waals surface area contributed by atoms with Crippen molar-refractivity contribution >= 4 is 60.7 Å². The van der Waals surface area contributed by atoms with E-state index in [1.54, 1.807) is 0 Å². The van der Waals surface area contributed by atoms with Crippen molar-refractivity contribution in [2.75, 3.05) is 4.90 Å². The molecule has 0 radical (unpaired) electrons. The minimum absolute atomic E-state index is 0.0152. The molecule has 15 aromatic carbocycles. The predicted octanol–water partition coefficient (Wildman–Crippen LogP) is 23.7. The van der Waals surface area contributed by atoms with Crippen molar-refractivity contribution in [2.24, 2.45) is 0 Å². The number of fused-ring (bicyclic) bond motifs is 15. The minimum atomic E-state index is -0.568. The second-order valence-electron chi connectivity index (χ2n) is 26.9. The zero-order valence-electron chi connectivity index (χ0n) is 61.4. The first-order valence-electron chi connectivity index (χ1n) is 37.6. The smallest absolute Gasteiger partial charge is 0.164 e. The molecule has 0 amide bonds. The number of aromatic nitrogens is 8. The van der Waals surface area contributed by atoms with Crippen molar-refractivity contribution in [1.29, 1.82) is 5.26 Å². The fourth-order valence-electron chi connectivity index (χ4n) is 15.9. The Bertz CT molecular complexity index is 6800. The van der Waals surface area contributed by atoms with E-state index in [2.05, 4.69) is 173 Å². The van der Waals surface area contributed by atoms with Crippen LogP contribution in [0, 0.1) is 11.3 Å². The van der Waals surface area contributed by atoms with Crippen LogP contribution in [0.25, 0.3) is 134 Å². The molecule has 510 valence electrons. The quantitative estimate of drug-likeness (QED) is 0.132. The number of hydrogen-bond donors (Lipinski definition) is 0. The van der Waals surface area contributed by atoms with E-state index in [1.165, 1.54) is 11.1 Å². The summed E-state index contributed by atoms with van der Waals surface area (Å²) in [4.78, 5) is 31.8. The second kappa shape index (κ2) is 26.6. The van der Waals surface area contributed by atoms with Gasteiger partial charge in [0, 0.05) is 77.4 Å². The maximum absolute atomic E-state index is 11.1. The van der Waals surface area contributed by atoms with Crippen LogP contribution < -0.4 is 9.64 Å². The van der Waals surface area contributed by atoms with Crippen LogP contribution in [-0.4, -0.2) is 39.0 Å². The van der Waals surface area contributed by atoms with Crippen LogP contribution in [0.3, 0.4) is 0 Å². The lowest BCUT2D eigenvalue weighted by Gasteiger charge is -2.48. The fourth-order valence-corrected chi connectivity index (χ4v) is 15.9. The standard InChI is InChI=1S/C52H32N6.C46H30N4O/c53-33-39-32-38(52-55-50(36-16-6-2-7-17-36)54-51(56-52)37-26-24-35(25-27-37)34-14-4-1-5-15-34)28-30-44(39)58-45-22-12-10-20-41(45)42-29-31-47-48(49(42)58)43-21-11-13-23-46(43)57(47)40-18-8-3-9-19-40;1-3-15-31(16-4-1)43-47-44(32-17-5-2-6-18-32)49-45(48-43)33-27-29-34(30-28-33)50-39-23-11-7-19-35(39)46(36-20-8-12-24-40(36)50)37-21-9-13-25-41(37)51-42-26-14-10-22-38(42)46/h1-32H;1-30H/i28D,30D,32D;. The maximum Gasteiger partial charge on any atom is 0.164 e. The van der Waals surface area contributed by atoms with Crippen LogP contribution >= 0.6 is 0 Å². The van der Waals surface area contributed by atoms with Gasteiger partial charge < -0.3 is 18.8 Å². The lowest BCUT2D eigenvalue weighted by Crippen LogP contribution is -2.39. The predicted molar refractivity (Wildman–Crippen MR) is 438 cm³/mol. The van der Waals surface area contributed by atoms with Crippen molar-refractivity contribution in [3.63, 3.8) is 0 Å². The second-order valence-corrected chi connectivity index (χ2v) is 26.9. The lowest BCUT2D eigenvalue weighted by molar-refractivity contribution is 0.434. The third-order valence-electron chi connectivity index (χ3n) is 20.7. The van der Waals surface area contributed by atoms with Crippen molar-refractivity contribution in [2.45, 2.75) is 5.41 Å². The third-order valence-corrected chi connectivity index (χ3v) is 20.7. The molecule has 2 aliphatic heterocycles. The van der Waals surface area contributed by atoms with Gasteiger partial charge in [0.1, 0.15) is 17.6 Å². The Labute approximate surface area is 632 Å². The summed E-state index contributed by atoms with van der Waals surface area (Å²) < 4.78 is 39.8. The molecule has 0 unspecified atom stereocenters. The summed E-state index contributed by atoms with van der Waals surface area (Å²) in [5.74, 6) is 4.40. The normalized spacial score (nSPS) is 12.7. The van der Waals surface area contributed by atoms with Crippen LogP contribution in [0.1, 0.15) is 31.9 Å². The SMILES string of the molecule is [2H]c1c([2H])c(-n2c3ccccc3c3ccc4c(c5ccccc5n4-c4ccccc4)c32)c(C#N)c([2H])c1-c1nc(-c2ccccc2)nc(-c2ccc(-c3ccccc3)cc2)n1.c1ccc(-c2nc(-c3ccccc3)nc(-c3ccc(N4c5ccccc5C5(c6ccccc6Oc6ccccc65)c5ccccc54)cc3)n2)cc1. The van der Waals surface area contributed by atoms with E-state index in [4.69, 9.17) is 34.6 Å². The highest BCUT2D eigenvalue weighted by Crippen LogP contribution is 2.63. The number of nitrogens with zero attached hydrogens (tertiary/aromatic N) is 10. The van der Waals surface area contributed by atoms with Gasteiger partial charge in [-0.25, -0.2) is 29.9 Å². The summed E-state index contributed by atoms with van der Waals surface area (Å²) in [5.41, 5.74) is 18.3. The van der Waals surface area contributed by atoms with E-state index in [0.29, 0.717) is 34.7 Å². The van der Waals surface area contributed by atoms with Gasteiger partial charge in [0.2, 0.25) is 0 Å². The molecule has 11 heteroatoms. The highest BCUT2D eigenvalue weighted by atomic mass is 16.5. The summed E-state index contributed by atoms with van der Waals surface area (Å²) in [6, 6.07) is 123. The number of anilines is 3. The highest BCUT2D eigenvalue weighted by Gasteiger charge is 2.51. The molecule has 0 saturated heterocycles. The lowest BCUT2D eigenvalue weighted by atomic mass is 9.61. The van der Waals surface area contributed by atoms with Crippen LogP contribution in [0.2, 0.25) is 0 Å². The first-order valence-corrected chi connectivity index (χ1v) is 36.1. The molecule has 11 nitrogen and oxygen atoms in total. The molecular formula is C98H62N10O. The van der Waals surface area contributed by atoms with E-state index < -0.39 is 5.41 Å². The van der Waals surface area contributed by atoms with Crippen molar-refractivity contribution in [1.82, 2.24) is 39.0 Å². The Morgan fingerprint density at radius 3 is 1.19 bits per heavy atom. The molecule has 6 heterocycles. The van der Waals surface area contributed by atoms with Gasteiger partial charge in [0.25, 0.3) is 0 Å². The molecule has 0 N–H and O–H groups in total. The zero-order valence-corrected chi connectivity index (χ0v) is 58.4. The Hall–Kier alpha value is -15.0. The Kier molecular flexibility index (Phi) is 14.8. The Morgan fingerprint density at radius 2 is 0.679 bits per heavy atom. The fraction of sp³-hybridized carbons (Fsp3) is 0.0102. The Morgan fingerprint density at radius 1 is 0.294 bits per heavy atom. The van der Waals surface area contributed by atoms with Crippen LogP contribution in [0.15, 0.2) is 376 Å². The molecule has 0 fully saturated rings. The first-order chi connectivity index (χ1) is 55.3. The highest BCUT2D eigenvalue weighted by molar-refractivity contribution is 6.26. The van der Waals surface area contributed by atoms with E-state index >= 15 is 0 Å². The van der Waals surface area contributed by atoms with Crippen molar-refractivity contribution in [3.8, 4) is 108 Å². The minimum Gasteiger partial charge on any atom is -0.457 e. The molecule has 2 aliphatic rings. The van der Waals surface area contributed by atoms with Gasteiger partial charge in [-0.2, -0.15) is 5.26 Å². The van der Waals surface area contributed by atoms with Gasteiger partial charge >= 0.3 is 0 Å². The summed E-state index contributed by atoms with van der Waals surface area (Å²) >= 11 is 0. The largest absolute Gasteiger partial charge is 0.457 e. The number of benzene rings is 15. The molecule has 0 atom stereocenters. The van der Waals surface area contributed by atoms with E-state index in [1.807, 2.05) is 205 Å². The van der Waals surface area contributed by atoms with Gasteiger partial charge in [-0.3, -0.25) is 0 Å². The number of ether oxygens (including phenoxy) is 1. The zero-order chi connectivity index (χ0) is 75.0. The van der Waals surface area contributed by atoms with Gasteiger partial charge in [0.05, 0.1) is 54.2 Å². The van der Waals surface area contributed by atoms with E-state index in [-0.39, 0.29) is 40.8 Å². The molecule has 109 heavy (non-hydrogen) atoms. The van der Waals surface area contributed by atoms with E-state index in [9.17, 15) is 9.37 Å². The summed E-state index contributed by atoms with van der Waals surface area (Å²) in [7, 11) is 0. The third kappa shape index (κ3) is 10.8. The molecule has 0 aliphatic carbocycles. The summed E-state index contributed by atoms with van der Waals surface area (Å²) in [6.45, 7) is 0. The number of hydrogen-bond acceptors (Lipinski definition) is 9. The van der Waals surface area contributed by atoms with Gasteiger partial charge in [-0.05, 0) is 119 Å². The van der Waals surface area contributed by atoms with Crippen molar-refractivity contribution in [3.05, 3.63) is 404 Å². The van der Waals surface area contributed by atoms with Crippen LogP contribution in [0.4, 0.5) is 17.1 Å². The average molecular weight is 1400 g/mol. The number of nitriles is 1. The number of rotatable bonds is 10.